The van der Waals surface area contributed by atoms with Crippen LogP contribution in [-0.2, 0) is 19.8 Å². The zero-order chi connectivity index (χ0) is 27.7. The number of nitrogens with two attached hydrogens (primary N) is 1. The molecule has 39 heavy (non-hydrogen) atoms. The molecule has 2 aromatic carbocycles. The van der Waals surface area contributed by atoms with Crippen molar-refractivity contribution in [2.75, 3.05) is 49.6 Å². The van der Waals surface area contributed by atoms with Crippen molar-refractivity contribution in [2.45, 2.75) is 12.7 Å². The first-order valence-electron chi connectivity index (χ1n) is 12.4. The van der Waals surface area contributed by atoms with Crippen LogP contribution in [0.3, 0.4) is 0 Å². The van der Waals surface area contributed by atoms with Gasteiger partial charge < -0.3 is 16.0 Å². The average Bonchev–Trinajstić information content (AvgIpc) is 3.24. The monoisotopic (exact) mass is 538 g/mol. The number of alkyl halides is 3. The van der Waals surface area contributed by atoms with Gasteiger partial charge in [0, 0.05) is 68.7 Å². The topological polar surface area (TPSA) is 104 Å². The normalized spacial score (nSPS) is 15.0. The number of amides is 2. The van der Waals surface area contributed by atoms with E-state index in [0.717, 1.165) is 60.3 Å². The van der Waals surface area contributed by atoms with Gasteiger partial charge in [0.25, 0.3) is 0 Å². The molecule has 3 heterocycles. The second kappa shape index (κ2) is 10.5. The smallest absolute Gasteiger partial charge is 0.384 e. The lowest BCUT2D eigenvalue weighted by molar-refractivity contribution is -0.137. The van der Waals surface area contributed by atoms with Gasteiger partial charge >= 0.3 is 12.2 Å². The maximum atomic E-state index is 13.6. The summed E-state index contributed by atoms with van der Waals surface area (Å²) in [5.41, 5.74) is 7.07. The van der Waals surface area contributed by atoms with E-state index in [1.165, 1.54) is 0 Å². The number of nitrogens with zero attached hydrogens (tertiary/aromatic N) is 5. The van der Waals surface area contributed by atoms with Gasteiger partial charge in [-0.05, 0) is 48.3 Å². The number of benzene rings is 2. The van der Waals surface area contributed by atoms with Gasteiger partial charge in [0.2, 0.25) is 0 Å². The predicted molar refractivity (Wildman–Crippen MR) is 145 cm³/mol. The molecule has 204 valence electrons. The molecule has 0 radical (unpaired) electrons. The molecule has 2 aromatic heterocycles. The number of halogens is 3. The first kappa shape index (κ1) is 26.4. The number of rotatable bonds is 5. The Morgan fingerprint density at radius 2 is 1.74 bits per heavy atom. The number of likely N-dealkylation sites (N-methyl/N-ethyl adjacent to an activating group) is 1. The number of piperazine rings is 1. The highest BCUT2D eigenvalue weighted by Gasteiger charge is 2.31. The number of hydrogen-bond acceptors (Lipinski definition) is 6. The van der Waals surface area contributed by atoms with Crippen LogP contribution in [0.1, 0.15) is 11.1 Å². The summed E-state index contributed by atoms with van der Waals surface area (Å²) in [5, 5.41) is 11.3. The fourth-order valence-corrected chi connectivity index (χ4v) is 4.68. The van der Waals surface area contributed by atoms with Gasteiger partial charge in [-0.15, -0.1) is 0 Å². The highest BCUT2D eigenvalue weighted by atomic mass is 19.4. The van der Waals surface area contributed by atoms with E-state index in [1.807, 2.05) is 25.2 Å². The Hall–Kier alpha value is -4.16. The Labute approximate surface area is 223 Å². The highest BCUT2D eigenvalue weighted by molar-refractivity contribution is 5.99. The SMILES string of the molecule is CN1CCN(Cc2cc(NC(=O)Nc3cc(-c4ccc5cc(N)ncc5c4)n(C)n3)cc(C(F)(F)F)c2)CC1. The second-order valence-corrected chi connectivity index (χ2v) is 9.78. The maximum Gasteiger partial charge on any atom is 0.416 e. The molecule has 0 bridgehead atoms. The van der Waals surface area contributed by atoms with Crippen molar-refractivity contribution in [1.82, 2.24) is 24.6 Å². The van der Waals surface area contributed by atoms with E-state index in [4.69, 9.17) is 5.73 Å². The highest BCUT2D eigenvalue weighted by Crippen LogP contribution is 2.33. The van der Waals surface area contributed by atoms with Crippen molar-refractivity contribution < 1.29 is 18.0 Å². The Balaban J connectivity index is 1.31. The van der Waals surface area contributed by atoms with E-state index >= 15 is 0 Å². The van der Waals surface area contributed by atoms with Gasteiger partial charge in [0.05, 0.1) is 11.3 Å². The van der Waals surface area contributed by atoms with E-state index in [1.54, 1.807) is 36.1 Å². The molecule has 1 aliphatic heterocycles. The van der Waals surface area contributed by atoms with Crippen molar-refractivity contribution in [3.63, 3.8) is 0 Å². The van der Waals surface area contributed by atoms with Gasteiger partial charge in [-0.1, -0.05) is 12.1 Å². The van der Waals surface area contributed by atoms with Crippen molar-refractivity contribution in [1.29, 1.82) is 0 Å². The molecular formula is C27H29F3N8O. The summed E-state index contributed by atoms with van der Waals surface area (Å²) in [4.78, 5) is 21.2. The van der Waals surface area contributed by atoms with Crippen LogP contribution in [0.25, 0.3) is 22.0 Å². The number of aromatic nitrogens is 3. The van der Waals surface area contributed by atoms with Crippen LogP contribution in [-0.4, -0.2) is 63.8 Å². The number of carbonyl (C=O) groups is 1. The molecule has 0 spiro atoms. The fraction of sp³-hybridized carbons (Fsp3) is 0.296. The molecular weight excluding hydrogens is 509 g/mol. The van der Waals surface area contributed by atoms with Crippen molar-refractivity contribution in [3.05, 3.63) is 65.9 Å². The second-order valence-electron chi connectivity index (χ2n) is 9.78. The fourth-order valence-electron chi connectivity index (χ4n) is 4.68. The number of fused-ring (bicyclic) bond motifs is 1. The predicted octanol–water partition coefficient (Wildman–Crippen LogP) is 4.63. The molecule has 2 amide bonds. The van der Waals surface area contributed by atoms with E-state index in [2.05, 4.69) is 30.5 Å². The lowest BCUT2D eigenvalue weighted by atomic mass is 10.1. The minimum absolute atomic E-state index is 0.0592. The first-order valence-corrected chi connectivity index (χ1v) is 12.4. The summed E-state index contributed by atoms with van der Waals surface area (Å²) in [7, 11) is 3.75. The maximum absolute atomic E-state index is 13.6. The van der Waals surface area contributed by atoms with Crippen LogP contribution in [0, 0.1) is 0 Å². The lowest BCUT2D eigenvalue weighted by Gasteiger charge is -2.32. The quantitative estimate of drug-likeness (QED) is 0.342. The van der Waals surface area contributed by atoms with Crippen molar-refractivity contribution in [3.8, 4) is 11.3 Å². The largest absolute Gasteiger partial charge is 0.416 e. The molecule has 1 fully saturated rings. The van der Waals surface area contributed by atoms with Gasteiger partial charge in [0.15, 0.2) is 5.82 Å². The third-order valence-electron chi connectivity index (χ3n) is 6.74. The standard InChI is InChI=1S/C27H29F3N8O/c1-36-5-7-38(8-6-36)16-17-9-21(27(28,29)30)13-22(10-17)33-26(39)34-25-14-23(37(2)35-25)19-4-3-18-12-24(31)32-15-20(18)11-19/h3-4,9-15H,5-8,16H2,1-2H3,(H2,31,32)(H2,33,34,35,39). The number of nitrogen functional groups attached to an aromatic ring is 1. The third-order valence-corrected chi connectivity index (χ3v) is 6.74. The number of pyridine rings is 1. The Bertz CT molecular complexity index is 1510. The summed E-state index contributed by atoms with van der Waals surface area (Å²) >= 11 is 0. The first-order chi connectivity index (χ1) is 18.5. The molecule has 0 unspecified atom stereocenters. The molecule has 0 saturated carbocycles. The minimum atomic E-state index is -4.54. The van der Waals surface area contributed by atoms with Gasteiger partial charge in [-0.2, -0.15) is 18.3 Å². The molecule has 0 atom stereocenters. The molecule has 5 rings (SSSR count). The van der Waals surface area contributed by atoms with Gasteiger partial charge in [-0.25, -0.2) is 9.78 Å². The Morgan fingerprint density at radius 3 is 2.49 bits per heavy atom. The number of urea groups is 1. The van der Waals surface area contributed by atoms with Crippen LogP contribution in [0.15, 0.2) is 54.7 Å². The molecule has 1 saturated heterocycles. The molecule has 9 nitrogen and oxygen atoms in total. The van der Waals surface area contributed by atoms with E-state index in [-0.39, 0.29) is 11.5 Å². The third kappa shape index (κ3) is 6.29. The Morgan fingerprint density at radius 1 is 0.974 bits per heavy atom. The summed E-state index contributed by atoms with van der Waals surface area (Å²) in [6.07, 6.45) is -2.85. The molecule has 1 aliphatic rings. The number of hydrogen-bond donors (Lipinski definition) is 3. The zero-order valence-electron chi connectivity index (χ0n) is 21.6. The lowest BCUT2D eigenvalue weighted by Crippen LogP contribution is -2.43. The van der Waals surface area contributed by atoms with Crippen LogP contribution < -0.4 is 16.4 Å². The number of anilines is 3. The molecule has 4 aromatic rings. The molecule has 4 N–H and O–H groups in total. The minimum Gasteiger partial charge on any atom is -0.384 e. The summed E-state index contributed by atoms with van der Waals surface area (Å²) in [6.45, 7) is 3.59. The molecule has 0 aliphatic carbocycles. The average molecular weight is 539 g/mol. The number of aryl methyl sites for hydroxylation is 1. The van der Waals surface area contributed by atoms with Crippen LogP contribution in [0.4, 0.5) is 35.3 Å². The van der Waals surface area contributed by atoms with Crippen LogP contribution in [0.5, 0.6) is 0 Å². The summed E-state index contributed by atoms with van der Waals surface area (Å²) < 4.78 is 42.5. The Kier molecular flexibility index (Phi) is 7.15. The summed E-state index contributed by atoms with van der Waals surface area (Å²) in [6, 6.07) is 12.2. The van der Waals surface area contributed by atoms with Crippen molar-refractivity contribution in [2.24, 2.45) is 7.05 Å². The van der Waals surface area contributed by atoms with Crippen LogP contribution in [0.2, 0.25) is 0 Å². The number of nitrogens with one attached hydrogen (secondary N) is 2. The van der Waals surface area contributed by atoms with Gasteiger partial charge in [0.1, 0.15) is 5.82 Å². The van der Waals surface area contributed by atoms with Crippen molar-refractivity contribution >= 4 is 34.1 Å². The van der Waals surface area contributed by atoms with E-state index in [9.17, 15) is 18.0 Å². The van der Waals surface area contributed by atoms with E-state index in [0.29, 0.717) is 17.9 Å². The van der Waals surface area contributed by atoms with E-state index < -0.39 is 17.8 Å². The summed E-state index contributed by atoms with van der Waals surface area (Å²) in [5.74, 6) is 0.686. The zero-order valence-corrected chi connectivity index (χ0v) is 21.6. The molecule has 12 heteroatoms. The van der Waals surface area contributed by atoms with Crippen LogP contribution >= 0.6 is 0 Å². The van der Waals surface area contributed by atoms with Gasteiger partial charge in [-0.3, -0.25) is 14.9 Å². The number of carbonyl (C=O) groups excluding carboxylic acids is 1.